The fourth-order valence-corrected chi connectivity index (χ4v) is 2.17. The topological polar surface area (TPSA) is 52.5 Å². The molecule has 1 aromatic heterocycles. The van der Waals surface area contributed by atoms with Crippen LogP contribution < -0.4 is 0 Å². The smallest absolute Gasteiger partial charge is 0.333 e. The molecule has 19 heavy (non-hydrogen) atoms. The monoisotopic (exact) mass is 349 g/mol. The molecule has 0 aliphatic rings. The Hall–Kier alpha value is -1.52. The van der Waals surface area contributed by atoms with Gasteiger partial charge in [-0.2, -0.15) is 18.4 Å². The number of hydrogen-bond acceptors (Lipinski definition) is 2. The predicted molar refractivity (Wildman–Crippen MR) is 66.5 cm³/mol. The molecule has 0 radical (unpaired) electrons. The van der Waals surface area contributed by atoms with Crippen LogP contribution in [0.1, 0.15) is 11.4 Å². The Kier molecular flexibility index (Phi) is 3.56. The average Bonchev–Trinajstić information content (AvgIpc) is 2.71. The highest BCUT2D eigenvalue weighted by molar-refractivity contribution is 9.10. The number of alkyl halides is 3. The molecule has 1 aromatic carbocycles. The standard InChI is InChI=1S/C11H4BrClF3N3/c12-9-8(18-10(19-9)11(14,15)16)5-1-2-6(4-17)7(13)3-5/h1-3H,(H,18,19). The van der Waals surface area contributed by atoms with E-state index in [1.807, 2.05) is 6.07 Å². The molecule has 0 aliphatic carbocycles. The number of hydrogen-bond donors (Lipinski definition) is 1. The molecule has 1 heterocycles. The van der Waals surface area contributed by atoms with Gasteiger partial charge in [-0.1, -0.05) is 17.7 Å². The third kappa shape index (κ3) is 2.74. The maximum Gasteiger partial charge on any atom is 0.449 e. The van der Waals surface area contributed by atoms with E-state index in [-0.39, 0.29) is 20.9 Å². The number of nitrogens with zero attached hydrogens (tertiary/aromatic N) is 2. The van der Waals surface area contributed by atoms with E-state index in [0.717, 1.165) is 0 Å². The predicted octanol–water partition coefficient (Wildman–Crippen LogP) is 4.38. The van der Waals surface area contributed by atoms with Crippen molar-refractivity contribution >= 4 is 27.5 Å². The molecule has 2 aromatic rings. The highest BCUT2D eigenvalue weighted by Gasteiger charge is 2.35. The Morgan fingerprint density at radius 2 is 2.05 bits per heavy atom. The van der Waals surface area contributed by atoms with Crippen molar-refractivity contribution in [3.05, 3.63) is 39.2 Å². The van der Waals surface area contributed by atoms with E-state index in [1.165, 1.54) is 18.2 Å². The average molecular weight is 351 g/mol. The highest BCUT2D eigenvalue weighted by atomic mass is 79.9. The van der Waals surface area contributed by atoms with Crippen LogP contribution in [-0.4, -0.2) is 9.97 Å². The van der Waals surface area contributed by atoms with Crippen LogP contribution >= 0.6 is 27.5 Å². The maximum atomic E-state index is 12.5. The van der Waals surface area contributed by atoms with Crippen LogP contribution in [0.25, 0.3) is 11.3 Å². The first-order valence-corrected chi connectivity index (χ1v) is 6.02. The summed E-state index contributed by atoms with van der Waals surface area (Å²) < 4.78 is 37.6. The SMILES string of the molecule is N#Cc1ccc(-c2[nH]c(C(F)(F)F)nc2Br)cc1Cl. The number of rotatable bonds is 1. The number of benzene rings is 1. The van der Waals surface area contributed by atoms with E-state index < -0.39 is 12.0 Å². The zero-order valence-electron chi connectivity index (χ0n) is 9.02. The first-order chi connectivity index (χ1) is 8.82. The van der Waals surface area contributed by atoms with Crippen molar-refractivity contribution in [2.75, 3.05) is 0 Å². The van der Waals surface area contributed by atoms with Gasteiger partial charge in [-0.15, -0.1) is 0 Å². The van der Waals surface area contributed by atoms with E-state index in [2.05, 4.69) is 25.9 Å². The summed E-state index contributed by atoms with van der Waals surface area (Å²) in [6, 6.07) is 6.19. The Morgan fingerprint density at radius 3 is 2.53 bits per heavy atom. The van der Waals surface area contributed by atoms with Gasteiger partial charge >= 0.3 is 6.18 Å². The second kappa shape index (κ2) is 4.87. The number of nitrogens with one attached hydrogen (secondary N) is 1. The van der Waals surface area contributed by atoms with Gasteiger partial charge in [-0.3, -0.25) is 0 Å². The van der Waals surface area contributed by atoms with Crippen LogP contribution in [0, 0.1) is 11.3 Å². The van der Waals surface area contributed by atoms with E-state index in [1.54, 1.807) is 0 Å². The normalized spacial score (nSPS) is 11.4. The molecule has 0 spiro atoms. The van der Waals surface area contributed by atoms with Crippen LogP contribution in [-0.2, 0) is 6.18 Å². The second-order valence-electron chi connectivity index (χ2n) is 3.56. The molecule has 0 aliphatic heterocycles. The molecule has 0 saturated heterocycles. The lowest BCUT2D eigenvalue weighted by atomic mass is 10.1. The number of aromatic nitrogens is 2. The quantitative estimate of drug-likeness (QED) is 0.829. The van der Waals surface area contributed by atoms with Gasteiger partial charge in [0.15, 0.2) is 0 Å². The van der Waals surface area contributed by atoms with Gasteiger partial charge in [-0.05, 0) is 28.1 Å². The molecular weight excluding hydrogens is 346 g/mol. The van der Waals surface area contributed by atoms with Crippen molar-refractivity contribution < 1.29 is 13.2 Å². The van der Waals surface area contributed by atoms with Gasteiger partial charge in [0.05, 0.1) is 16.3 Å². The number of nitriles is 1. The summed E-state index contributed by atoms with van der Waals surface area (Å²) in [7, 11) is 0. The zero-order chi connectivity index (χ0) is 14.2. The van der Waals surface area contributed by atoms with Crippen LogP contribution in [0.3, 0.4) is 0 Å². The van der Waals surface area contributed by atoms with E-state index in [9.17, 15) is 13.2 Å². The lowest BCUT2D eigenvalue weighted by molar-refractivity contribution is -0.144. The summed E-state index contributed by atoms with van der Waals surface area (Å²) in [6.45, 7) is 0. The molecule has 2 rings (SSSR count). The van der Waals surface area contributed by atoms with Gasteiger partial charge in [0.25, 0.3) is 0 Å². The third-order valence-corrected chi connectivity index (χ3v) is 3.19. The molecule has 0 atom stereocenters. The second-order valence-corrected chi connectivity index (χ2v) is 4.71. The molecule has 1 N–H and O–H groups in total. The van der Waals surface area contributed by atoms with Crippen LogP contribution in [0.4, 0.5) is 13.2 Å². The summed E-state index contributed by atoms with van der Waals surface area (Å²) in [5.41, 5.74) is 0.801. The van der Waals surface area contributed by atoms with Crippen LogP contribution in [0.15, 0.2) is 22.8 Å². The van der Waals surface area contributed by atoms with Crippen molar-refractivity contribution in [3.63, 3.8) is 0 Å². The number of H-pyrrole nitrogens is 1. The fourth-order valence-electron chi connectivity index (χ4n) is 1.44. The first kappa shape index (κ1) is 13.9. The minimum absolute atomic E-state index is 0.0283. The Balaban J connectivity index is 2.51. The lowest BCUT2D eigenvalue weighted by Crippen LogP contribution is -2.07. The van der Waals surface area contributed by atoms with Crippen molar-refractivity contribution in [1.82, 2.24) is 9.97 Å². The molecule has 0 fully saturated rings. The van der Waals surface area contributed by atoms with Gasteiger partial charge in [0, 0.05) is 5.56 Å². The van der Waals surface area contributed by atoms with E-state index >= 15 is 0 Å². The van der Waals surface area contributed by atoms with Crippen molar-refractivity contribution in [3.8, 4) is 17.3 Å². The number of halogens is 5. The molecule has 0 amide bonds. The highest BCUT2D eigenvalue weighted by Crippen LogP contribution is 2.34. The maximum absolute atomic E-state index is 12.5. The molecule has 3 nitrogen and oxygen atoms in total. The molecule has 0 unspecified atom stereocenters. The van der Waals surface area contributed by atoms with Crippen LogP contribution in [0.5, 0.6) is 0 Å². The third-order valence-electron chi connectivity index (χ3n) is 2.31. The summed E-state index contributed by atoms with van der Waals surface area (Å²) in [6.07, 6.45) is -4.56. The first-order valence-electron chi connectivity index (χ1n) is 4.85. The van der Waals surface area contributed by atoms with E-state index in [4.69, 9.17) is 16.9 Å². The number of aromatic amines is 1. The molecule has 0 saturated carbocycles. The molecule has 8 heteroatoms. The summed E-state index contributed by atoms with van der Waals surface area (Å²) >= 11 is 8.79. The van der Waals surface area contributed by atoms with Crippen molar-refractivity contribution in [2.24, 2.45) is 0 Å². The largest absolute Gasteiger partial charge is 0.449 e. The zero-order valence-corrected chi connectivity index (χ0v) is 11.4. The summed E-state index contributed by atoms with van der Waals surface area (Å²) in [5.74, 6) is -1.10. The summed E-state index contributed by atoms with van der Waals surface area (Å²) in [4.78, 5) is 5.54. The van der Waals surface area contributed by atoms with Gasteiger partial charge in [-0.25, -0.2) is 4.98 Å². The van der Waals surface area contributed by atoms with Crippen molar-refractivity contribution in [2.45, 2.75) is 6.18 Å². The van der Waals surface area contributed by atoms with E-state index in [0.29, 0.717) is 5.56 Å². The van der Waals surface area contributed by atoms with Gasteiger partial charge < -0.3 is 4.98 Å². The van der Waals surface area contributed by atoms with Gasteiger partial charge in [0.2, 0.25) is 5.82 Å². The Labute approximate surface area is 119 Å². The van der Waals surface area contributed by atoms with Crippen LogP contribution in [0.2, 0.25) is 5.02 Å². The van der Waals surface area contributed by atoms with Crippen molar-refractivity contribution in [1.29, 1.82) is 5.26 Å². The summed E-state index contributed by atoms with van der Waals surface area (Å²) in [5, 5.41) is 8.89. The lowest BCUT2D eigenvalue weighted by Gasteiger charge is -2.02. The molecule has 98 valence electrons. The Morgan fingerprint density at radius 1 is 1.37 bits per heavy atom. The van der Waals surface area contributed by atoms with Gasteiger partial charge in [0.1, 0.15) is 10.7 Å². The number of imidazole rings is 1. The molecule has 0 bridgehead atoms. The minimum Gasteiger partial charge on any atom is -0.333 e. The fraction of sp³-hybridized carbons (Fsp3) is 0.0909. The minimum atomic E-state index is -4.56. The molecular formula is C11H4BrClF3N3. The Bertz CT molecular complexity index is 673.